The fourth-order valence-electron chi connectivity index (χ4n) is 2.73. The number of para-hydroxylation sites is 1. The van der Waals surface area contributed by atoms with Crippen molar-refractivity contribution >= 4 is 37.5 Å². The van der Waals surface area contributed by atoms with E-state index in [0.29, 0.717) is 24.5 Å². The van der Waals surface area contributed by atoms with Gasteiger partial charge in [-0.2, -0.15) is 4.31 Å². The van der Waals surface area contributed by atoms with Gasteiger partial charge < -0.3 is 9.88 Å². The molecule has 1 aliphatic heterocycles. The normalized spacial score (nSPS) is 15.6. The molecule has 2 heterocycles. The van der Waals surface area contributed by atoms with Crippen LogP contribution in [0.3, 0.4) is 0 Å². The highest BCUT2D eigenvalue weighted by Crippen LogP contribution is 2.25. The molecule has 0 aliphatic carbocycles. The number of aromatic nitrogens is 1. The number of nitrogens with zero attached hydrogens (tertiary/aromatic N) is 2. The van der Waals surface area contributed by atoms with Crippen molar-refractivity contribution in [1.82, 2.24) is 8.87 Å². The van der Waals surface area contributed by atoms with Crippen molar-refractivity contribution in [3.63, 3.8) is 0 Å². The molecule has 1 aliphatic rings. The van der Waals surface area contributed by atoms with E-state index < -0.39 is 10.0 Å². The fraction of sp³-hybridized carbons (Fsp3) is 0.312. The Morgan fingerprint density at radius 2 is 1.88 bits per heavy atom. The van der Waals surface area contributed by atoms with Gasteiger partial charge in [-0.1, -0.05) is 12.1 Å². The Balaban J connectivity index is 1.86. The SMILES string of the molecule is Cn1cc(S(=O)(=O)N2CCCC2)cc1C(=O)Nc1ccccc1Br. The largest absolute Gasteiger partial charge is 0.345 e. The zero-order valence-electron chi connectivity index (χ0n) is 13.2. The maximum absolute atomic E-state index is 12.6. The van der Waals surface area contributed by atoms with Crippen molar-refractivity contribution in [3.05, 3.63) is 46.7 Å². The molecule has 0 atom stereocenters. The first kappa shape index (κ1) is 17.2. The van der Waals surface area contributed by atoms with E-state index in [2.05, 4.69) is 21.2 Å². The Kier molecular flexibility index (Phi) is 4.80. The molecule has 0 spiro atoms. The number of rotatable bonds is 4. The molecule has 24 heavy (non-hydrogen) atoms. The van der Waals surface area contributed by atoms with Crippen molar-refractivity contribution in [2.24, 2.45) is 7.05 Å². The molecule has 0 bridgehead atoms. The Hall–Kier alpha value is -1.64. The molecule has 1 aromatic heterocycles. The summed E-state index contributed by atoms with van der Waals surface area (Å²) in [5, 5.41) is 2.79. The number of aryl methyl sites for hydroxylation is 1. The third-order valence-electron chi connectivity index (χ3n) is 4.04. The topological polar surface area (TPSA) is 71.4 Å². The number of anilines is 1. The minimum Gasteiger partial charge on any atom is -0.345 e. The number of benzene rings is 1. The molecule has 0 saturated carbocycles. The minimum absolute atomic E-state index is 0.157. The van der Waals surface area contributed by atoms with Gasteiger partial charge in [-0.25, -0.2) is 8.42 Å². The van der Waals surface area contributed by atoms with Gasteiger partial charge in [-0.3, -0.25) is 4.79 Å². The van der Waals surface area contributed by atoms with Crippen LogP contribution in [0.4, 0.5) is 5.69 Å². The van der Waals surface area contributed by atoms with Gasteiger partial charge in [0.2, 0.25) is 10.0 Å². The summed E-state index contributed by atoms with van der Waals surface area (Å²) in [7, 11) is -1.87. The van der Waals surface area contributed by atoms with E-state index in [1.54, 1.807) is 13.1 Å². The van der Waals surface area contributed by atoms with Crippen molar-refractivity contribution in [1.29, 1.82) is 0 Å². The predicted octanol–water partition coefficient (Wildman–Crippen LogP) is 2.82. The van der Waals surface area contributed by atoms with Gasteiger partial charge in [-0.15, -0.1) is 0 Å². The Morgan fingerprint density at radius 1 is 1.21 bits per heavy atom. The molecule has 1 saturated heterocycles. The first-order chi connectivity index (χ1) is 11.4. The molecule has 3 rings (SSSR count). The van der Waals surface area contributed by atoms with Gasteiger partial charge in [0.05, 0.1) is 5.69 Å². The van der Waals surface area contributed by atoms with E-state index >= 15 is 0 Å². The van der Waals surface area contributed by atoms with Gasteiger partial charge in [-0.05, 0) is 47.0 Å². The second-order valence-corrected chi connectivity index (χ2v) is 8.51. The number of carbonyl (C=O) groups is 1. The summed E-state index contributed by atoms with van der Waals surface area (Å²) < 4.78 is 29.0. The molecule has 1 fully saturated rings. The van der Waals surface area contributed by atoms with Gasteiger partial charge in [0.1, 0.15) is 10.6 Å². The summed E-state index contributed by atoms with van der Waals surface area (Å²) in [5.41, 5.74) is 0.927. The lowest BCUT2D eigenvalue weighted by Crippen LogP contribution is -2.27. The number of nitrogens with one attached hydrogen (secondary N) is 1. The number of carbonyl (C=O) groups excluding carboxylic acids is 1. The predicted molar refractivity (Wildman–Crippen MR) is 95.5 cm³/mol. The molecule has 8 heteroatoms. The van der Waals surface area contributed by atoms with Crippen molar-refractivity contribution in [2.45, 2.75) is 17.7 Å². The number of hydrogen-bond acceptors (Lipinski definition) is 3. The zero-order chi connectivity index (χ0) is 17.3. The highest BCUT2D eigenvalue weighted by atomic mass is 79.9. The second kappa shape index (κ2) is 6.70. The van der Waals surface area contributed by atoms with E-state index in [1.807, 2.05) is 18.2 Å². The zero-order valence-corrected chi connectivity index (χ0v) is 15.6. The summed E-state index contributed by atoms with van der Waals surface area (Å²) in [6, 6.07) is 8.69. The van der Waals surface area contributed by atoms with Crippen molar-refractivity contribution < 1.29 is 13.2 Å². The van der Waals surface area contributed by atoms with Crippen LogP contribution < -0.4 is 5.32 Å². The lowest BCUT2D eigenvalue weighted by atomic mass is 10.3. The smallest absolute Gasteiger partial charge is 0.272 e. The highest BCUT2D eigenvalue weighted by Gasteiger charge is 2.29. The van der Waals surface area contributed by atoms with Crippen LogP contribution in [0.15, 0.2) is 45.9 Å². The summed E-state index contributed by atoms with van der Waals surface area (Å²) in [5.74, 6) is -0.354. The van der Waals surface area contributed by atoms with Crippen LogP contribution in [0.5, 0.6) is 0 Å². The summed E-state index contributed by atoms with van der Waals surface area (Å²) >= 11 is 3.37. The first-order valence-electron chi connectivity index (χ1n) is 7.62. The lowest BCUT2D eigenvalue weighted by molar-refractivity contribution is 0.101. The Bertz CT molecular complexity index is 870. The molecule has 1 N–H and O–H groups in total. The third-order valence-corrected chi connectivity index (χ3v) is 6.59. The molecule has 1 amide bonds. The van der Waals surface area contributed by atoms with Crippen molar-refractivity contribution in [2.75, 3.05) is 18.4 Å². The summed E-state index contributed by atoms with van der Waals surface area (Å²) in [6.45, 7) is 1.07. The van der Waals surface area contributed by atoms with Crippen LogP contribution in [0, 0.1) is 0 Å². The maximum Gasteiger partial charge on any atom is 0.272 e. The van der Waals surface area contributed by atoms with Crippen LogP contribution in [0.2, 0.25) is 0 Å². The molecule has 0 unspecified atom stereocenters. The second-order valence-electron chi connectivity index (χ2n) is 5.72. The van der Waals surface area contributed by atoms with E-state index in [-0.39, 0.29) is 10.8 Å². The molecular formula is C16H18BrN3O3S. The molecule has 1 aromatic carbocycles. The average molecular weight is 412 g/mol. The Morgan fingerprint density at radius 3 is 2.54 bits per heavy atom. The number of halogens is 1. The monoisotopic (exact) mass is 411 g/mol. The molecular weight excluding hydrogens is 394 g/mol. The number of hydrogen-bond donors (Lipinski definition) is 1. The van der Waals surface area contributed by atoms with Crippen LogP contribution in [-0.4, -0.2) is 36.3 Å². The third kappa shape index (κ3) is 3.26. The minimum atomic E-state index is -3.53. The first-order valence-corrected chi connectivity index (χ1v) is 9.85. The summed E-state index contributed by atoms with van der Waals surface area (Å²) in [4.78, 5) is 12.6. The molecule has 6 nitrogen and oxygen atoms in total. The fourth-order valence-corrected chi connectivity index (χ4v) is 4.70. The molecule has 0 radical (unpaired) electrons. The standard InChI is InChI=1S/C16H18BrN3O3S/c1-19-11-12(24(22,23)20-8-4-5-9-20)10-15(19)16(21)18-14-7-3-2-6-13(14)17/h2-3,6-7,10-11H,4-5,8-9H2,1H3,(H,18,21). The van der Waals surface area contributed by atoms with Crippen molar-refractivity contribution in [3.8, 4) is 0 Å². The van der Waals surface area contributed by atoms with Gasteiger partial charge in [0.25, 0.3) is 5.91 Å². The van der Waals surface area contributed by atoms with Crippen LogP contribution in [-0.2, 0) is 17.1 Å². The van der Waals surface area contributed by atoms with E-state index in [1.165, 1.54) is 21.1 Å². The Labute approximate surface area is 149 Å². The molecule has 2 aromatic rings. The summed E-state index contributed by atoms with van der Waals surface area (Å²) in [6.07, 6.45) is 3.24. The van der Waals surface area contributed by atoms with E-state index in [4.69, 9.17) is 0 Å². The maximum atomic E-state index is 12.6. The molecule has 128 valence electrons. The lowest BCUT2D eigenvalue weighted by Gasteiger charge is -2.13. The number of amides is 1. The van der Waals surface area contributed by atoms with Gasteiger partial charge in [0.15, 0.2) is 0 Å². The van der Waals surface area contributed by atoms with E-state index in [9.17, 15) is 13.2 Å². The van der Waals surface area contributed by atoms with Crippen LogP contribution in [0.25, 0.3) is 0 Å². The quantitative estimate of drug-likeness (QED) is 0.840. The van der Waals surface area contributed by atoms with Gasteiger partial charge >= 0.3 is 0 Å². The average Bonchev–Trinajstić information content (AvgIpc) is 3.19. The van der Waals surface area contributed by atoms with Crippen LogP contribution in [0.1, 0.15) is 23.3 Å². The van der Waals surface area contributed by atoms with Gasteiger partial charge in [0, 0.05) is 30.8 Å². The van der Waals surface area contributed by atoms with Crippen LogP contribution >= 0.6 is 15.9 Å². The highest BCUT2D eigenvalue weighted by molar-refractivity contribution is 9.10. The number of sulfonamides is 1. The van der Waals surface area contributed by atoms with E-state index in [0.717, 1.165) is 17.3 Å².